The fourth-order valence-corrected chi connectivity index (χ4v) is 8.30. The van der Waals surface area contributed by atoms with E-state index in [1.165, 1.54) is 122 Å². The van der Waals surface area contributed by atoms with Gasteiger partial charge >= 0.3 is 17.9 Å². The molecule has 6 nitrogen and oxygen atoms in total. The summed E-state index contributed by atoms with van der Waals surface area (Å²) in [5.41, 5.74) is 0. The van der Waals surface area contributed by atoms with E-state index in [1.54, 1.807) is 0 Å². The number of unbranched alkanes of at least 4 members (excludes halogenated alkanes) is 27. The third-order valence-electron chi connectivity index (χ3n) is 12.8. The molecule has 72 heavy (non-hydrogen) atoms. The minimum Gasteiger partial charge on any atom is -0.462 e. The molecule has 0 radical (unpaired) electrons. The lowest BCUT2D eigenvalue weighted by atomic mass is 10.1. The van der Waals surface area contributed by atoms with Crippen LogP contribution in [0, 0.1) is 0 Å². The summed E-state index contributed by atoms with van der Waals surface area (Å²) in [4.78, 5) is 38.2. The predicted octanol–water partition coefficient (Wildman–Crippen LogP) is 20.5. The molecular formula is C66H112O6. The molecule has 0 aromatic rings. The standard InChI is InChI=1S/C66H112O6/c1-4-7-10-13-16-19-22-24-26-28-30-32-33-35-36-38-40-42-44-47-50-53-56-59-65(68)71-62-63(61-70-64(67)58-55-52-49-46-21-18-15-12-9-6-3)72-66(69)60-57-54-51-48-45-43-41-39-37-34-31-29-27-25-23-20-17-14-11-8-5-2/h7,10,16,19,23-26,29-32,35-37,39,63H,4-6,8-9,11-15,17-18,20-22,27-28,33-34,38,40-62H2,1-3H3/b10-7-,19-16-,25-23-,26-24-,31-29-,32-30-,36-35-,39-37-. The van der Waals surface area contributed by atoms with Crippen LogP contribution in [0.15, 0.2) is 97.2 Å². The van der Waals surface area contributed by atoms with E-state index in [0.717, 1.165) is 122 Å². The van der Waals surface area contributed by atoms with Crippen molar-refractivity contribution in [1.82, 2.24) is 0 Å². The first-order valence-electron chi connectivity index (χ1n) is 30.2. The molecule has 0 saturated carbocycles. The molecule has 0 fully saturated rings. The quantitative estimate of drug-likeness (QED) is 0.0261. The molecule has 0 spiro atoms. The van der Waals surface area contributed by atoms with Gasteiger partial charge in [-0.3, -0.25) is 14.4 Å². The summed E-state index contributed by atoms with van der Waals surface area (Å²) in [6.07, 6.45) is 79.7. The van der Waals surface area contributed by atoms with E-state index in [0.29, 0.717) is 19.3 Å². The van der Waals surface area contributed by atoms with Crippen LogP contribution in [0.4, 0.5) is 0 Å². The van der Waals surface area contributed by atoms with Crippen LogP contribution in [0.3, 0.4) is 0 Å². The van der Waals surface area contributed by atoms with E-state index in [2.05, 4.69) is 118 Å². The summed E-state index contributed by atoms with van der Waals surface area (Å²) >= 11 is 0. The number of ether oxygens (including phenoxy) is 3. The maximum absolute atomic E-state index is 12.9. The second-order valence-electron chi connectivity index (χ2n) is 19.9. The molecule has 1 atom stereocenters. The first-order valence-corrected chi connectivity index (χ1v) is 30.2. The molecule has 0 amide bonds. The summed E-state index contributed by atoms with van der Waals surface area (Å²) < 4.78 is 16.9. The van der Waals surface area contributed by atoms with Crippen molar-refractivity contribution < 1.29 is 28.6 Å². The molecule has 0 saturated heterocycles. The van der Waals surface area contributed by atoms with E-state index >= 15 is 0 Å². The number of rotatable bonds is 54. The molecule has 0 aliphatic heterocycles. The molecule has 412 valence electrons. The average Bonchev–Trinajstić information content (AvgIpc) is 3.38. The van der Waals surface area contributed by atoms with Gasteiger partial charge in [0.25, 0.3) is 0 Å². The lowest BCUT2D eigenvalue weighted by molar-refractivity contribution is -0.167. The zero-order chi connectivity index (χ0) is 52.2. The lowest BCUT2D eigenvalue weighted by Gasteiger charge is -2.18. The molecule has 0 aromatic heterocycles. The highest BCUT2D eigenvalue weighted by Crippen LogP contribution is 2.15. The Hall–Kier alpha value is -3.67. The number of esters is 3. The van der Waals surface area contributed by atoms with E-state index in [4.69, 9.17) is 14.2 Å². The molecule has 0 bridgehead atoms. The second-order valence-corrected chi connectivity index (χ2v) is 19.9. The largest absolute Gasteiger partial charge is 0.462 e. The maximum atomic E-state index is 12.9. The number of allylic oxidation sites excluding steroid dienone is 16. The van der Waals surface area contributed by atoms with Gasteiger partial charge in [0.05, 0.1) is 0 Å². The first-order chi connectivity index (χ1) is 35.5. The summed E-state index contributed by atoms with van der Waals surface area (Å²) in [6.45, 7) is 6.50. The van der Waals surface area contributed by atoms with Crippen LogP contribution in [0.2, 0.25) is 0 Å². The van der Waals surface area contributed by atoms with Gasteiger partial charge in [0.15, 0.2) is 6.10 Å². The molecule has 0 aromatic carbocycles. The zero-order valence-corrected chi connectivity index (χ0v) is 47.2. The zero-order valence-electron chi connectivity index (χ0n) is 47.2. The Morgan fingerprint density at radius 1 is 0.292 bits per heavy atom. The molecule has 0 rings (SSSR count). The average molecular weight is 1000 g/mol. The van der Waals surface area contributed by atoms with E-state index in [-0.39, 0.29) is 31.1 Å². The predicted molar refractivity (Wildman–Crippen MR) is 311 cm³/mol. The van der Waals surface area contributed by atoms with Crippen LogP contribution >= 0.6 is 0 Å². The van der Waals surface area contributed by atoms with Crippen LogP contribution in [0.5, 0.6) is 0 Å². The maximum Gasteiger partial charge on any atom is 0.306 e. The van der Waals surface area contributed by atoms with Crippen molar-refractivity contribution >= 4 is 17.9 Å². The topological polar surface area (TPSA) is 78.9 Å². The van der Waals surface area contributed by atoms with Crippen molar-refractivity contribution in [2.45, 2.75) is 290 Å². The van der Waals surface area contributed by atoms with Crippen molar-refractivity contribution in [3.8, 4) is 0 Å². The van der Waals surface area contributed by atoms with Crippen molar-refractivity contribution in [1.29, 1.82) is 0 Å². The van der Waals surface area contributed by atoms with Crippen LogP contribution in [0.25, 0.3) is 0 Å². The Labute approximate surface area is 445 Å². The van der Waals surface area contributed by atoms with Gasteiger partial charge in [-0.2, -0.15) is 0 Å². The molecule has 0 aliphatic carbocycles. The number of carbonyl (C=O) groups is 3. The van der Waals surface area contributed by atoms with Crippen molar-refractivity contribution in [3.63, 3.8) is 0 Å². The van der Waals surface area contributed by atoms with Crippen molar-refractivity contribution in [2.75, 3.05) is 13.2 Å². The van der Waals surface area contributed by atoms with Crippen LogP contribution in [0.1, 0.15) is 284 Å². The van der Waals surface area contributed by atoms with E-state index in [1.807, 2.05) is 0 Å². The Kier molecular flexibility index (Phi) is 56.8. The first kappa shape index (κ1) is 68.3. The van der Waals surface area contributed by atoms with E-state index < -0.39 is 6.10 Å². The van der Waals surface area contributed by atoms with Crippen LogP contribution < -0.4 is 0 Å². The van der Waals surface area contributed by atoms with Gasteiger partial charge in [0.2, 0.25) is 0 Å². The SMILES string of the molecule is CC/C=C\C/C=C\C/C=C\C/C=C\C/C=C\CCCCCCCCCC(=O)OCC(COC(=O)CCCCCCCCCCCC)OC(=O)CCCCCCCC/C=C\C/C=C\C/C=C\CCCCCCC. The van der Waals surface area contributed by atoms with Crippen molar-refractivity contribution in [2.24, 2.45) is 0 Å². The Morgan fingerprint density at radius 2 is 0.542 bits per heavy atom. The van der Waals surface area contributed by atoms with E-state index in [9.17, 15) is 14.4 Å². The van der Waals surface area contributed by atoms with Gasteiger partial charge in [-0.1, -0.05) is 259 Å². The van der Waals surface area contributed by atoms with Crippen LogP contribution in [-0.2, 0) is 28.6 Å². The van der Waals surface area contributed by atoms with Gasteiger partial charge < -0.3 is 14.2 Å². The third kappa shape index (κ3) is 57.2. The molecule has 6 heteroatoms. The minimum atomic E-state index is -0.789. The number of hydrogen-bond acceptors (Lipinski definition) is 6. The Balaban J connectivity index is 4.35. The summed E-state index contributed by atoms with van der Waals surface area (Å²) in [7, 11) is 0. The fourth-order valence-electron chi connectivity index (χ4n) is 8.30. The van der Waals surface area contributed by atoms with Gasteiger partial charge in [-0.25, -0.2) is 0 Å². The van der Waals surface area contributed by atoms with Crippen molar-refractivity contribution in [3.05, 3.63) is 97.2 Å². The highest BCUT2D eigenvalue weighted by Gasteiger charge is 2.19. The van der Waals surface area contributed by atoms with Gasteiger partial charge in [-0.15, -0.1) is 0 Å². The third-order valence-corrected chi connectivity index (χ3v) is 12.8. The fraction of sp³-hybridized carbons (Fsp3) is 0.712. The summed E-state index contributed by atoms with van der Waals surface area (Å²) in [5.74, 6) is -0.905. The van der Waals surface area contributed by atoms with Gasteiger partial charge in [0.1, 0.15) is 13.2 Å². The molecule has 0 N–H and O–H groups in total. The van der Waals surface area contributed by atoms with Gasteiger partial charge in [0, 0.05) is 19.3 Å². The van der Waals surface area contributed by atoms with Crippen LogP contribution in [-0.4, -0.2) is 37.2 Å². The molecule has 0 heterocycles. The second kappa shape index (κ2) is 59.9. The van der Waals surface area contributed by atoms with Gasteiger partial charge in [-0.05, 0) is 103 Å². The molecule has 0 aliphatic rings. The summed E-state index contributed by atoms with van der Waals surface area (Å²) in [5, 5.41) is 0. The summed E-state index contributed by atoms with van der Waals surface area (Å²) in [6, 6.07) is 0. The number of carbonyl (C=O) groups excluding carboxylic acids is 3. The number of hydrogen-bond donors (Lipinski definition) is 0. The lowest BCUT2D eigenvalue weighted by Crippen LogP contribution is -2.30. The Bertz CT molecular complexity index is 1430. The highest BCUT2D eigenvalue weighted by molar-refractivity contribution is 5.71. The smallest absolute Gasteiger partial charge is 0.306 e. The normalized spacial score (nSPS) is 12.8. The molecule has 1 unspecified atom stereocenters. The minimum absolute atomic E-state index is 0.0852. The Morgan fingerprint density at radius 3 is 0.847 bits per heavy atom. The molecular weight excluding hydrogens is 889 g/mol. The monoisotopic (exact) mass is 1000 g/mol. The highest BCUT2D eigenvalue weighted by atomic mass is 16.6.